The van der Waals surface area contributed by atoms with Crippen molar-refractivity contribution in [3.05, 3.63) is 34.7 Å². The van der Waals surface area contributed by atoms with E-state index in [0.717, 1.165) is 10.6 Å². The van der Waals surface area contributed by atoms with Crippen molar-refractivity contribution in [1.82, 2.24) is 4.90 Å². The molecule has 0 N–H and O–H groups in total. The van der Waals surface area contributed by atoms with Crippen LogP contribution in [0, 0.1) is 0 Å². The van der Waals surface area contributed by atoms with E-state index in [9.17, 15) is 4.39 Å². The molecule has 1 aromatic rings. The topological polar surface area (TPSA) is 3.24 Å². The molecule has 0 atom stereocenters. The Morgan fingerprint density at radius 1 is 1.40 bits per heavy atom. The number of hydrogen-bond donors (Lipinski definition) is 0. The van der Waals surface area contributed by atoms with Gasteiger partial charge in [-0.25, -0.2) is 4.39 Å². The van der Waals surface area contributed by atoms with Gasteiger partial charge in [0.15, 0.2) is 0 Å². The van der Waals surface area contributed by atoms with Crippen molar-refractivity contribution in [3.8, 4) is 0 Å². The van der Waals surface area contributed by atoms with E-state index in [1.165, 1.54) is 17.5 Å². The van der Waals surface area contributed by atoms with Crippen LogP contribution in [-0.2, 0) is 0 Å². The maximum Gasteiger partial charge on any atom is 0.148 e. The van der Waals surface area contributed by atoms with Crippen LogP contribution in [0.2, 0.25) is 0 Å². The smallest absolute Gasteiger partial charge is 0.148 e. The molecule has 0 saturated carbocycles. The molecule has 0 saturated heterocycles. The van der Waals surface area contributed by atoms with Gasteiger partial charge in [-0.05, 0) is 32.2 Å². The van der Waals surface area contributed by atoms with Crippen LogP contribution in [0.4, 0.5) is 4.39 Å². The summed E-state index contributed by atoms with van der Waals surface area (Å²) < 4.78 is 13.7. The Balaban J connectivity index is 2.52. The predicted octanol–water partition coefficient (Wildman–Crippen LogP) is 4.10. The van der Waals surface area contributed by atoms with Gasteiger partial charge in [0.25, 0.3) is 0 Å². The average molecular weight is 223 g/mol. The summed E-state index contributed by atoms with van der Waals surface area (Å²) in [5.74, 6) is -0.173. The predicted molar refractivity (Wildman–Crippen MR) is 64.0 cm³/mol. The zero-order chi connectivity index (χ0) is 11.2. The fourth-order valence-corrected chi connectivity index (χ4v) is 2.56. The summed E-state index contributed by atoms with van der Waals surface area (Å²) >= 11 is 1.54. The van der Waals surface area contributed by atoms with E-state index in [4.69, 9.17) is 0 Å². The van der Waals surface area contributed by atoms with Crippen molar-refractivity contribution in [1.29, 1.82) is 0 Å². The molecule has 0 aromatic carbocycles. The van der Waals surface area contributed by atoms with Crippen LogP contribution >= 0.6 is 11.3 Å². The molecule has 1 nitrogen and oxygen atoms in total. The SMILES string of the molecule is C=C1c2sccc2C(F)=CN1C(C)(C)C. The lowest BCUT2D eigenvalue weighted by atomic mass is 10.0. The summed E-state index contributed by atoms with van der Waals surface area (Å²) in [6.07, 6.45) is 1.54. The van der Waals surface area contributed by atoms with Crippen LogP contribution in [-0.4, -0.2) is 10.4 Å². The molecule has 0 aliphatic carbocycles. The number of rotatable bonds is 0. The van der Waals surface area contributed by atoms with Gasteiger partial charge in [-0.1, -0.05) is 6.58 Å². The van der Waals surface area contributed by atoms with Gasteiger partial charge < -0.3 is 4.90 Å². The molecule has 0 fully saturated rings. The molecule has 1 aliphatic heterocycles. The van der Waals surface area contributed by atoms with E-state index in [1.807, 2.05) is 31.1 Å². The fraction of sp³-hybridized carbons (Fsp3) is 0.333. The molecule has 0 bridgehead atoms. The molecular formula is C12H14FNS. The van der Waals surface area contributed by atoms with E-state index in [-0.39, 0.29) is 11.4 Å². The van der Waals surface area contributed by atoms with Crippen molar-refractivity contribution in [2.24, 2.45) is 0 Å². The first kappa shape index (κ1) is 10.4. The Kier molecular flexibility index (Phi) is 2.23. The highest BCUT2D eigenvalue weighted by molar-refractivity contribution is 7.11. The second-order valence-corrected chi connectivity index (χ2v) is 5.54. The zero-order valence-corrected chi connectivity index (χ0v) is 9.99. The maximum atomic E-state index is 13.7. The molecule has 15 heavy (non-hydrogen) atoms. The van der Waals surface area contributed by atoms with Gasteiger partial charge in [-0.2, -0.15) is 0 Å². The summed E-state index contributed by atoms with van der Waals surface area (Å²) in [6, 6.07) is 1.80. The van der Waals surface area contributed by atoms with Crippen molar-refractivity contribution in [2.75, 3.05) is 0 Å². The molecular weight excluding hydrogens is 209 g/mol. The highest BCUT2D eigenvalue weighted by Crippen LogP contribution is 2.40. The summed E-state index contributed by atoms with van der Waals surface area (Å²) in [7, 11) is 0. The Labute approximate surface area is 93.5 Å². The van der Waals surface area contributed by atoms with E-state index >= 15 is 0 Å². The Hall–Kier alpha value is -1.09. The normalized spacial score (nSPS) is 16.4. The largest absolute Gasteiger partial charge is 0.339 e. The van der Waals surface area contributed by atoms with Gasteiger partial charge in [0, 0.05) is 17.3 Å². The molecule has 0 spiro atoms. The third-order valence-corrected chi connectivity index (χ3v) is 3.40. The first-order chi connectivity index (χ1) is 6.91. The minimum Gasteiger partial charge on any atom is -0.339 e. The van der Waals surface area contributed by atoms with Gasteiger partial charge in [0.2, 0.25) is 0 Å². The molecule has 1 aliphatic rings. The summed E-state index contributed by atoms with van der Waals surface area (Å²) in [5, 5.41) is 1.90. The molecule has 2 heterocycles. The molecule has 0 unspecified atom stereocenters. The van der Waals surface area contributed by atoms with Crippen LogP contribution in [0.3, 0.4) is 0 Å². The molecule has 0 radical (unpaired) electrons. The molecule has 1 aromatic heterocycles. The molecule has 2 rings (SSSR count). The van der Waals surface area contributed by atoms with Crippen LogP contribution in [0.15, 0.2) is 24.2 Å². The second kappa shape index (κ2) is 3.20. The number of fused-ring (bicyclic) bond motifs is 1. The fourth-order valence-electron chi connectivity index (χ4n) is 1.69. The highest BCUT2D eigenvalue weighted by atomic mass is 32.1. The lowest BCUT2D eigenvalue weighted by Crippen LogP contribution is -2.36. The maximum absolute atomic E-state index is 13.7. The quantitative estimate of drug-likeness (QED) is 0.640. The molecule has 3 heteroatoms. The summed E-state index contributed by atoms with van der Waals surface area (Å²) in [5.41, 5.74) is 1.41. The van der Waals surface area contributed by atoms with Crippen molar-refractivity contribution >= 4 is 22.9 Å². The standard InChI is InChI=1S/C12H14FNS/c1-8-11-9(5-6-15-11)10(13)7-14(8)12(2,3)4/h5-7H,1H2,2-4H3. The Morgan fingerprint density at radius 3 is 2.67 bits per heavy atom. The monoisotopic (exact) mass is 223 g/mol. The number of nitrogens with zero attached hydrogens (tertiary/aromatic N) is 1. The van der Waals surface area contributed by atoms with Crippen LogP contribution in [0.1, 0.15) is 31.2 Å². The molecule has 80 valence electrons. The van der Waals surface area contributed by atoms with Crippen molar-refractivity contribution in [3.63, 3.8) is 0 Å². The highest BCUT2D eigenvalue weighted by Gasteiger charge is 2.29. The Bertz CT molecular complexity index is 437. The lowest BCUT2D eigenvalue weighted by molar-refractivity contribution is 0.294. The number of halogens is 1. The minimum atomic E-state index is -0.173. The third kappa shape index (κ3) is 1.61. The van der Waals surface area contributed by atoms with Gasteiger partial charge in [-0.3, -0.25) is 0 Å². The Morgan fingerprint density at radius 2 is 2.07 bits per heavy atom. The zero-order valence-electron chi connectivity index (χ0n) is 9.17. The third-order valence-electron chi connectivity index (χ3n) is 2.44. The summed E-state index contributed by atoms with van der Waals surface area (Å²) in [6.45, 7) is 10.2. The summed E-state index contributed by atoms with van der Waals surface area (Å²) in [4.78, 5) is 2.83. The van der Waals surface area contributed by atoms with Gasteiger partial charge >= 0.3 is 0 Å². The van der Waals surface area contributed by atoms with Gasteiger partial charge in [0.1, 0.15) is 5.83 Å². The van der Waals surface area contributed by atoms with Crippen LogP contribution < -0.4 is 0 Å². The first-order valence-electron chi connectivity index (χ1n) is 4.85. The van der Waals surface area contributed by atoms with Crippen molar-refractivity contribution in [2.45, 2.75) is 26.3 Å². The van der Waals surface area contributed by atoms with Crippen LogP contribution in [0.25, 0.3) is 11.5 Å². The van der Waals surface area contributed by atoms with E-state index in [0.29, 0.717) is 5.56 Å². The number of thiophene rings is 1. The molecule has 0 amide bonds. The van der Waals surface area contributed by atoms with E-state index in [1.54, 1.807) is 6.07 Å². The van der Waals surface area contributed by atoms with Crippen LogP contribution in [0.5, 0.6) is 0 Å². The minimum absolute atomic E-state index is 0.143. The lowest BCUT2D eigenvalue weighted by Gasteiger charge is -2.38. The van der Waals surface area contributed by atoms with Crippen molar-refractivity contribution < 1.29 is 4.39 Å². The van der Waals surface area contributed by atoms with E-state index < -0.39 is 0 Å². The van der Waals surface area contributed by atoms with Gasteiger partial charge in [-0.15, -0.1) is 11.3 Å². The number of hydrogen-bond acceptors (Lipinski definition) is 2. The first-order valence-corrected chi connectivity index (χ1v) is 5.73. The van der Waals surface area contributed by atoms with E-state index in [2.05, 4.69) is 6.58 Å². The average Bonchev–Trinajstić information content (AvgIpc) is 2.58. The second-order valence-electron chi connectivity index (χ2n) is 4.63. The van der Waals surface area contributed by atoms with Gasteiger partial charge in [0.05, 0.1) is 10.6 Å².